The van der Waals surface area contributed by atoms with Crippen molar-refractivity contribution < 1.29 is 14.9 Å². The predicted molar refractivity (Wildman–Crippen MR) is 57.5 cm³/mol. The second-order valence-corrected chi connectivity index (χ2v) is 6.10. The monoisotopic (exact) mass is 214 g/mol. The van der Waals surface area contributed by atoms with Crippen LogP contribution in [0.15, 0.2) is 0 Å². The zero-order chi connectivity index (χ0) is 11.2. The van der Waals surface area contributed by atoms with Crippen molar-refractivity contribution in [3.05, 3.63) is 0 Å². The minimum atomic E-state index is -0.658. The van der Waals surface area contributed by atoms with E-state index in [-0.39, 0.29) is 17.4 Å². The van der Waals surface area contributed by atoms with E-state index in [1.54, 1.807) is 0 Å². The number of aliphatic hydroxyl groups is 2. The molecule has 0 unspecified atom stereocenters. The lowest BCUT2D eigenvalue weighted by atomic mass is 9.50. The minimum absolute atomic E-state index is 0.0862. The van der Waals surface area contributed by atoms with E-state index in [1.165, 1.54) is 0 Å². The minimum Gasteiger partial charge on any atom is -0.396 e. The molecule has 3 heteroatoms. The van der Waals surface area contributed by atoms with Crippen LogP contribution in [0, 0.1) is 10.8 Å². The Morgan fingerprint density at radius 2 is 1.67 bits per heavy atom. The van der Waals surface area contributed by atoms with Crippen LogP contribution in [0.3, 0.4) is 0 Å². The summed E-state index contributed by atoms with van der Waals surface area (Å²) in [7, 11) is 0. The second kappa shape index (κ2) is 3.44. The Labute approximate surface area is 91.4 Å². The molecule has 0 atom stereocenters. The summed E-state index contributed by atoms with van der Waals surface area (Å²) in [6.07, 6.45) is 3.19. The molecule has 0 amide bonds. The molecule has 3 nitrogen and oxygen atoms in total. The average molecular weight is 214 g/mol. The molecule has 2 aliphatic rings. The van der Waals surface area contributed by atoms with E-state index in [2.05, 4.69) is 13.8 Å². The van der Waals surface area contributed by atoms with Crippen molar-refractivity contribution in [2.24, 2.45) is 10.8 Å². The Kier molecular flexibility index (Phi) is 2.61. The van der Waals surface area contributed by atoms with Crippen LogP contribution >= 0.6 is 0 Å². The number of hydrogen-bond acceptors (Lipinski definition) is 3. The summed E-state index contributed by atoms with van der Waals surface area (Å²) in [5.41, 5.74) is -0.731. The van der Waals surface area contributed by atoms with Crippen LogP contribution in [0.4, 0.5) is 0 Å². The van der Waals surface area contributed by atoms with Gasteiger partial charge in [-0.15, -0.1) is 0 Å². The fraction of sp³-hybridized carbons (Fsp3) is 1.00. The molecule has 1 aliphatic carbocycles. The molecule has 1 aliphatic heterocycles. The van der Waals surface area contributed by atoms with E-state index in [4.69, 9.17) is 4.74 Å². The molecule has 15 heavy (non-hydrogen) atoms. The maximum absolute atomic E-state index is 10.6. The Hall–Kier alpha value is -0.120. The van der Waals surface area contributed by atoms with Crippen LogP contribution in [-0.2, 0) is 4.74 Å². The molecule has 2 N–H and O–H groups in total. The van der Waals surface area contributed by atoms with E-state index in [9.17, 15) is 10.2 Å². The molecule has 0 aromatic rings. The van der Waals surface area contributed by atoms with Crippen molar-refractivity contribution in [3.8, 4) is 0 Å². The number of ether oxygens (including phenoxy) is 1. The Morgan fingerprint density at radius 1 is 1.13 bits per heavy atom. The normalized spacial score (nSPS) is 32.0. The van der Waals surface area contributed by atoms with Gasteiger partial charge in [-0.1, -0.05) is 13.8 Å². The summed E-state index contributed by atoms with van der Waals surface area (Å²) in [5, 5.41) is 20.2. The van der Waals surface area contributed by atoms with Gasteiger partial charge in [-0.3, -0.25) is 0 Å². The predicted octanol–water partition coefficient (Wildman–Crippen LogP) is 1.33. The zero-order valence-corrected chi connectivity index (χ0v) is 9.75. The molecule has 2 fully saturated rings. The lowest BCUT2D eigenvalue weighted by Gasteiger charge is -2.60. The van der Waals surface area contributed by atoms with Crippen LogP contribution < -0.4 is 0 Å². The zero-order valence-electron chi connectivity index (χ0n) is 9.75. The number of aliphatic hydroxyl groups excluding tert-OH is 1. The van der Waals surface area contributed by atoms with Crippen molar-refractivity contribution in [2.75, 3.05) is 19.8 Å². The van der Waals surface area contributed by atoms with Gasteiger partial charge in [0.2, 0.25) is 0 Å². The van der Waals surface area contributed by atoms with Crippen molar-refractivity contribution in [1.29, 1.82) is 0 Å². The number of rotatable bonds is 2. The smallest absolute Gasteiger partial charge is 0.0737 e. The molecule has 0 bridgehead atoms. The Balaban J connectivity index is 2.12. The van der Waals surface area contributed by atoms with Crippen LogP contribution in [0.5, 0.6) is 0 Å². The third kappa shape index (κ3) is 1.71. The molecule has 0 radical (unpaired) electrons. The van der Waals surface area contributed by atoms with Crippen molar-refractivity contribution in [2.45, 2.75) is 45.1 Å². The van der Waals surface area contributed by atoms with Gasteiger partial charge in [0.1, 0.15) is 0 Å². The van der Waals surface area contributed by atoms with Gasteiger partial charge in [-0.25, -0.2) is 0 Å². The van der Waals surface area contributed by atoms with Crippen LogP contribution in [0.1, 0.15) is 39.5 Å². The summed E-state index contributed by atoms with van der Waals surface area (Å²) >= 11 is 0. The van der Waals surface area contributed by atoms with Gasteiger partial charge in [-0.05, 0) is 31.1 Å². The van der Waals surface area contributed by atoms with Gasteiger partial charge >= 0.3 is 0 Å². The highest BCUT2D eigenvalue weighted by molar-refractivity contribution is 5.10. The van der Waals surface area contributed by atoms with Gasteiger partial charge in [0, 0.05) is 18.6 Å². The first-order valence-corrected chi connectivity index (χ1v) is 5.84. The first-order valence-electron chi connectivity index (χ1n) is 5.84. The van der Waals surface area contributed by atoms with E-state index in [1.807, 2.05) is 0 Å². The molecular formula is C12H22O3. The van der Waals surface area contributed by atoms with Gasteiger partial charge in [0.15, 0.2) is 0 Å². The van der Waals surface area contributed by atoms with Gasteiger partial charge < -0.3 is 14.9 Å². The van der Waals surface area contributed by atoms with E-state index < -0.39 is 5.60 Å². The molecule has 0 spiro atoms. The van der Waals surface area contributed by atoms with E-state index in [0.29, 0.717) is 13.2 Å². The molecule has 88 valence electrons. The average Bonchev–Trinajstić information content (AvgIpc) is 2.15. The first kappa shape index (κ1) is 11.4. The third-order valence-corrected chi connectivity index (χ3v) is 4.28. The quantitative estimate of drug-likeness (QED) is 0.729. The highest BCUT2D eigenvalue weighted by Gasteiger charge is 2.60. The first-order chi connectivity index (χ1) is 6.93. The molecule has 1 saturated carbocycles. The summed E-state index contributed by atoms with van der Waals surface area (Å²) in [5.74, 6) is 0. The number of hydrogen-bond donors (Lipinski definition) is 2. The molecule has 1 saturated heterocycles. The largest absolute Gasteiger partial charge is 0.396 e. The Bertz CT molecular complexity index is 233. The molecular weight excluding hydrogens is 192 g/mol. The van der Waals surface area contributed by atoms with Crippen LogP contribution in [-0.4, -0.2) is 35.6 Å². The van der Waals surface area contributed by atoms with Gasteiger partial charge in [0.25, 0.3) is 0 Å². The standard InChI is InChI=1S/C12H22O3/c1-10(2)7-12(14,8-10)11(9-13)3-5-15-6-4-11/h13-14H,3-9H2,1-2H3. The second-order valence-electron chi connectivity index (χ2n) is 6.10. The SMILES string of the molecule is CC1(C)CC(O)(C2(CO)CCOCC2)C1. The van der Waals surface area contributed by atoms with Crippen molar-refractivity contribution in [1.82, 2.24) is 0 Å². The topological polar surface area (TPSA) is 49.7 Å². The van der Waals surface area contributed by atoms with Crippen LogP contribution in [0.25, 0.3) is 0 Å². The molecule has 1 heterocycles. The van der Waals surface area contributed by atoms with Gasteiger partial charge in [-0.2, -0.15) is 0 Å². The summed E-state index contributed by atoms with van der Waals surface area (Å²) in [6.45, 7) is 5.77. The highest BCUT2D eigenvalue weighted by atomic mass is 16.5. The summed E-state index contributed by atoms with van der Waals surface area (Å²) < 4.78 is 5.32. The van der Waals surface area contributed by atoms with E-state index >= 15 is 0 Å². The third-order valence-electron chi connectivity index (χ3n) is 4.28. The fourth-order valence-corrected chi connectivity index (χ4v) is 3.44. The summed E-state index contributed by atoms with van der Waals surface area (Å²) in [6, 6.07) is 0. The molecule has 0 aromatic carbocycles. The van der Waals surface area contributed by atoms with Gasteiger partial charge in [0.05, 0.1) is 12.2 Å². The summed E-state index contributed by atoms with van der Waals surface area (Å²) in [4.78, 5) is 0. The Morgan fingerprint density at radius 3 is 2.07 bits per heavy atom. The lowest BCUT2D eigenvalue weighted by molar-refractivity contribution is -0.229. The van der Waals surface area contributed by atoms with E-state index in [0.717, 1.165) is 25.7 Å². The fourth-order valence-electron chi connectivity index (χ4n) is 3.44. The molecule has 2 rings (SSSR count). The maximum Gasteiger partial charge on any atom is 0.0737 e. The molecule has 0 aromatic heterocycles. The van der Waals surface area contributed by atoms with Crippen molar-refractivity contribution in [3.63, 3.8) is 0 Å². The lowest BCUT2D eigenvalue weighted by Crippen LogP contribution is -2.63. The highest BCUT2D eigenvalue weighted by Crippen LogP contribution is 2.58. The van der Waals surface area contributed by atoms with Crippen LogP contribution in [0.2, 0.25) is 0 Å². The maximum atomic E-state index is 10.6. The van der Waals surface area contributed by atoms with Crippen molar-refractivity contribution >= 4 is 0 Å².